The van der Waals surface area contributed by atoms with Crippen molar-refractivity contribution in [2.24, 2.45) is 0 Å². The lowest BCUT2D eigenvalue weighted by molar-refractivity contribution is -0.121. The summed E-state index contributed by atoms with van der Waals surface area (Å²) in [6.45, 7) is 7.84. The molecule has 2 N–H and O–H groups in total. The largest absolute Gasteiger partial charge is 0.393 e. The van der Waals surface area contributed by atoms with E-state index >= 15 is 0 Å². The van der Waals surface area contributed by atoms with Crippen LogP contribution >= 0.6 is 0 Å². The number of carbonyl (C=O) groups is 1. The van der Waals surface area contributed by atoms with Crippen LogP contribution in [0, 0.1) is 0 Å². The van der Waals surface area contributed by atoms with E-state index in [9.17, 15) is 9.90 Å². The second-order valence-corrected chi connectivity index (χ2v) is 6.33. The third kappa shape index (κ3) is 4.08. The van der Waals surface area contributed by atoms with Crippen LogP contribution in [0.1, 0.15) is 51.5 Å². The van der Waals surface area contributed by atoms with Gasteiger partial charge in [-0.25, -0.2) is 0 Å². The van der Waals surface area contributed by atoms with Crippen molar-refractivity contribution in [1.82, 2.24) is 4.90 Å². The minimum atomic E-state index is -0.211. The topological polar surface area (TPSA) is 52.6 Å². The van der Waals surface area contributed by atoms with E-state index in [1.165, 1.54) is 5.56 Å². The number of nitrogens with zero attached hydrogens (tertiary/aromatic N) is 1. The Morgan fingerprint density at radius 3 is 2.59 bits per heavy atom. The van der Waals surface area contributed by atoms with E-state index in [4.69, 9.17) is 0 Å². The molecule has 1 aliphatic rings. The van der Waals surface area contributed by atoms with E-state index in [-0.39, 0.29) is 18.1 Å². The minimum Gasteiger partial charge on any atom is -0.393 e. The molecule has 4 nitrogen and oxygen atoms in total. The molecule has 1 aromatic carbocycles. The average Bonchev–Trinajstić information content (AvgIpc) is 2.54. The lowest BCUT2D eigenvalue weighted by Gasteiger charge is -2.33. The van der Waals surface area contributed by atoms with Crippen molar-refractivity contribution in [3.63, 3.8) is 0 Å². The summed E-state index contributed by atoms with van der Waals surface area (Å²) in [6, 6.07) is 7.88. The number of hydrogen-bond donors (Lipinski definition) is 2. The molecule has 0 radical (unpaired) electrons. The summed E-state index contributed by atoms with van der Waals surface area (Å²) >= 11 is 0. The summed E-state index contributed by atoms with van der Waals surface area (Å²) in [5, 5.41) is 12.7. The van der Waals surface area contributed by atoms with Crippen molar-refractivity contribution in [1.29, 1.82) is 0 Å². The van der Waals surface area contributed by atoms with Crippen molar-refractivity contribution in [3.8, 4) is 0 Å². The summed E-state index contributed by atoms with van der Waals surface area (Å²) in [5.41, 5.74) is 2.12. The molecule has 1 amide bonds. The molecule has 0 aliphatic carbocycles. The number of carbonyl (C=O) groups excluding carboxylic acids is 1. The zero-order chi connectivity index (χ0) is 16.1. The second-order valence-electron chi connectivity index (χ2n) is 6.33. The first kappa shape index (κ1) is 17.0. The van der Waals surface area contributed by atoms with Crippen LogP contribution in [0.25, 0.3) is 0 Å². The van der Waals surface area contributed by atoms with E-state index in [1.807, 2.05) is 25.1 Å². The van der Waals surface area contributed by atoms with E-state index in [1.54, 1.807) is 0 Å². The van der Waals surface area contributed by atoms with Crippen LogP contribution in [0.15, 0.2) is 24.3 Å². The number of anilines is 1. The number of nitrogens with one attached hydrogen (secondary N) is 1. The van der Waals surface area contributed by atoms with Crippen LogP contribution in [-0.2, 0) is 4.79 Å². The molecule has 1 aliphatic heterocycles. The third-order valence-corrected chi connectivity index (χ3v) is 4.79. The SMILES string of the molecule is CCC(C)c1ccccc1NC(=O)C(C)N1CCC(O)CC1. The summed E-state index contributed by atoms with van der Waals surface area (Å²) in [5.74, 6) is 0.462. The Labute approximate surface area is 133 Å². The van der Waals surface area contributed by atoms with Gasteiger partial charge in [0.2, 0.25) is 5.91 Å². The fraction of sp³-hybridized carbons (Fsp3) is 0.611. The van der Waals surface area contributed by atoms with Gasteiger partial charge in [-0.05, 0) is 43.7 Å². The number of para-hydroxylation sites is 1. The van der Waals surface area contributed by atoms with Crippen molar-refractivity contribution in [2.45, 2.75) is 58.1 Å². The number of aliphatic hydroxyl groups is 1. The van der Waals surface area contributed by atoms with Crippen LogP contribution in [0.4, 0.5) is 5.69 Å². The predicted molar refractivity (Wildman–Crippen MR) is 90.1 cm³/mol. The Morgan fingerprint density at radius 2 is 1.95 bits per heavy atom. The van der Waals surface area contributed by atoms with Gasteiger partial charge in [-0.2, -0.15) is 0 Å². The average molecular weight is 304 g/mol. The molecule has 0 spiro atoms. The Kier molecular flexibility index (Phi) is 5.98. The maximum Gasteiger partial charge on any atom is 0.241 e. The number of piperidine rings is 1. The minimum absolute atomic E-state index is 0.0344. The van der Waals surface area contributed by atoms with E-state index in [0.29, 0.717) is 5.92 Å². The number of aliphatic hydroxyl groups excluding tert-OH is 1. The predicted octanol–water partition coefficient (Wildman–Crippen LogP) is 2.98. The van der Waals surface area contributed by atoms with Gasteiger partial charge >= 0.3 is 0 Å². The molecule has 1 saturated heterocycles. The van der Waals surface area contributed by atoms with Gasteiger partial charge in [0.1, 0.15) is 0 Å². The zero-order valence-corrected chi connectivity index (χ0v) is 13.9. The highest BCUT2D eigenvalue weighted by Gasteiger charge is 2.26. The molecule has 0 saturated carbocycles. The van der Waals surface area contributed by atoms with Crippen molar-refractivity contribution < 1.29 is 9.90 Å². The van der Waals surface area contributed by atoms with Gasteiger partial charge in [-0.15, -0.1) is 0 Å². The van der Waals surface area contributed by atoms with Gasteiger partial charge in [0, 0.05) is 18.8 Å². The summed E-state index contributed by atoms with van der Waals surface area (Å²) in [7, 11) is 0. The summed E-state index contributed by atoms with van der Waals surface area (Å²) in [4.78, 5) is 14.7. The van der Waals surface area contributed by atoms with E-state index < -0.39 is 0 Å². The lowest BCUT2D eigenvalue weighted by atomic mass is 9.96. The lowest BCUT2D eigenvalue weighted by Crippen LogP contribution is -2.47. The van der Waals surface area contributed by atoms with E-state index in [0.717, 1.165) is 38.0 Å². The van der Waals surface area contributed by atoms with Crippen molar-refractivity contribution >= 4 is 11.6 Å². The molecule has 0 bridgehead atoms. The first-order valence-corrected chi connectivity index (χ1v) is 8.34. The van der Waals surface area contributed by atoms with Gasteiger partial charge in [0.15, 0.2) is 0 Å². The maximum atomic E-state index is 12.5. The number of rotatable bonds is 5. The Hall–Kier alpha value is -1.39. The molecule has 2 rings (SSSR count). The standard InChI is InChI=1S/C18H28N2O2/c1-4-13(2)16-7-5-6-8-17(16)19-18(22)14(3)20-11-9-15(21)10-12-20/h5-8,13-15,21H,4,9-12H2,1-3H3,(H,19,22). The Bertz CT molecular complexity index is 496. The highest BCUT2D eigenvalue weighted by atomic mass is 16.3. The molecule has 1 fully saturated rings. The van der Waals surface area contributed by atoms with Crippen LogP contribution in [0.2, 0.25) is 0 Å². The van der Waals surface area contributed by atoms with Gasteiger partial charge in [0.25, 0.3) is 0 Å². The van der Waals surface area contributed by atoms with Crippen LogP contribution in [-0.4, -0.2) is 41.1 Å². The van der Waals surface area contributed by atoms with Gasteiger partial charge in [-0.1, -0.05) is 32.0 Å². The van der Waals surface area contributed by atoms with Crippen molar-refractivity contribution in [3.05, 3.63) is 29.8 Å². The molecule has 2 unspecified atom stereocenters. The van der Waals surface area contributed by atoms with Gasteiger partial charge < -0.3 is 10.4 Å². The number of benzene rings is 1. The smallest absolute Gasteiger partial charge is 0.241 e. The quantitative estimate of drug-likeness (QED) is 0.879. The normalized spacial score (nSPS) is 19.6. The Morgan fingerprint density at radius 1 is 1.32 bits per heavy atom. The number of likely N-dealkylation sites (tertiary alicyclic amines) is 1. The molecule has 0 aromatic heterocycles. The second kappa shape index (κ2) is 7.75. The molecule has 1 heterocycles. The number of amides is 1. The molecule has 4 heteroatoms. The van der Waals surface area contributed by atoms with Crippen LogP contribution < -0.4 is 5.32 Å². The first-order chi connectivity index (χ1) is 10.5. The highest BCUT2D eigenvalue weighted by molar-refractivity contribution is 5.95. The zero-order valence-electron chi connectivity index (χ0n) is 13.9. The third-order valence-electron chi connectivity index (χ3n) is 4.79. The van der Waals surface area contributed by atoms with Crippen molar-refractivity contribution in [2.75, 3.05) is 18.4 Å². The molecular formula is C18H28N2O2. The molecule has 1 aromatic rings. The van der Waals surface area contributed by atoms with Crippen LogP contribution in [0.3, 0.4) is 0 Å². The number of hydrogen-bond acceptors (Lipinski definition) is 3. The first-order valence-electron chi connectivity index (χ1n) is 8.34. The molecule has 2 atom stereocenters. The Balaban J connectivity index is 2.02. The maximum absolute atomic E-state index is 12.5. The van der Waals surface area contributed by atoms with Crippen LogP contribution in [0.5, 0.6) is 0 Å². The van der Waals surface area contributed by atoms with E-state index in [2.05, 4.69) is 30.1 Å². The monoisotopic (exact) mass is 304 g/mol. The summed E-state index contributed by atoms with van der Waals surface area (Å²) in [6.07, 6.45) is 2.34. The fourth-order valence-electron chi connectivity index (χ4n) is 2.94. The summed E-state index contributed by atoms with van der Waals surface area (Å²) < 4.78 is 0. The molecular weight excluding hydrogens is 276 g/mol. The van der Waals surface area contributed by atoms with Gasteiger partial charge in [0.05, 0.1) is 12.1 Å². The van der Waals surface area contributed by atoms with Gasteiger partial charge in [-0.3, -0.25) is 9.69 Å². The molecule has 22 heavy (non-hydrogen) atoms. The molecule has 122 valence electrons. The fourth-order valence-corrected chi connectivity index (χ4v) is 2.94. The highest BCUT2D eigenvalue weighted by Crippen LogP contribution is 2.27.